The first-order chi connectivity index (χ1) is 7.75. The number of hydrogen-bond acceptors (Lipinski definition) is 3. The topological polar surface area (TPSA) is 24.5 Å². The van der Waals surface area contributed by atoms with Gasteiger partial charge in [0.2, 0.25) is 0 Å². The molecular weight excluding hydrogens is 240 g/mol. The summed E-state index contributed by atoms with van der Waals surface area (Å²) < 4.78 is 5.28. The molecule has 1 rings (SSSR count). The number of ether oxygens (including phenoxy) is 1. The van der Waals surface area contributed by atoms with E-state index in [-0.39, 0.29) is 0 Å². The van der Waals surface area contributed by atoms with E-state index in [1.165, 1.54) is 11.5 Å². The predicted molar refractivity (Wildman–Crippen MR) is 75.2 cm³/mol. The van der Waals surface area contributed by atoms with E-state index in [1.54, 1.807) is 0 Å². The molecule has 1 aliphatic rings. The highest BCUT2D eigenvalue weighted by Crippen LogP contribution is 2.15. The van der Waals surface area contributed by atoms with Crippen LogP contribution in [-0.2, 0) is 4.74 Å². The lowest BCUT2D eigenvalue weighted by Gasteiger charge is -2.35. The predicted octanol–water partition coefficient (Wildman–Crippen LogP) is 1.72. The van der Waals surface area contributed by atoms with Crippen LogP contribution in [-0.4, -0.2) is 53.9 Å². The fourth-order valence-electron chi connectivity index (χ4n) is 1.64. The van der Waals surface area contributed by atoms with Gasteiger partial charge in [-0.25, -0.2) is 0 Å². The Labute approximate surface area is 108 Å². The van der Waals surface area contributed by atoms with Crippen LogP contribution in [0.15, 0.2) is 0 Å². The summed E-state index contributed by atoms with van der Waals surface area (Å²) in [5.74, 6) is 2.37. The van der Waals surface area contributed by atoms with Crippen molar-refractivity contribution in [2.75, 3.05) is 37.8 Å². The van der Waals surface area contributed by atoms with Gasteiger partial charge in [-0.15, -0.1) is 0 Å². The van der Waals surface area contributed by atoms with E-state index in [0.29, 0.717) is 6.04 Å². The number of thiocarbonyl (C=S) groups is 1. The molecule has 0 aromatic heterocycles. The van der Waals surface area contributed by atoms with Crippen molar-refractivity contribution in [3.63, 3.8) is 0 Å². The maximum atomic E-state index is 5.39. The second-order valence-corrected chi connectivity index (χ2v) is 5.44. The third-order valence-corrected chi connectivity index (χ3v) is 4.14. The quantitative estimate of drug-likeness (QED) is 0.601. The van der Waals surface area contributed by atoms with Crippen molar-refractivity contribution in [2.24, 2.45) is 0 Å². The summed E-state index contributed by atoms with van der Waals surface area (Å²) >= 11 is 7.40. The first kappa shape index (κ1) is 14.1. The van der Waals surface area contributed by atoms with Crippen molar-refractivity contribution in [1.82, 2.24) is 10.2 Å². The van der Waals surface area contributed by atoms with Gasteiger partial charge in [0, 0.05) is 43.9 Å². The van der Waals surface area contributed by atoms with Gasteiger partial charge in [0.15, 0.2) is 5.11 Å². The van der Waals surface area contributed by atoms with Crippen LogP contribution in [0.5, 0.6) is 0 Å². The van der Waals surface area contributed by atoms with Gasteiger partial charge in [0.1, 0.15) is 0 Å². The van der Waals surface area contributed by atoms with Crippen molar-refractivity contribution < 1.29 is 4.74 Å². The fraction of sp³-hybridized carbons (Fsp3) is 0.909. The summed E-state index contributed by atoms with van der Waals surface area (Å²) in [6.07, 6.45) is 1.02. The molecule has 1 atom stereocenters. The highest BCUT2D eigenvalue weighted by Gasteiger charge is 2.20. The smallest absolute Gasteiger partial charge is 0.169 e. The molecule has 1 heterocycles. The zero-order chi connectivity index (χ0) is 11.8. The number of hydrogen-bond donors (Lipinski definition) is 1. The van der Waals surface area contributed by atoms with E-state index >= 15 is 0 Å². The minimum atomic E-state index is 0.561. The maximum absolute atomic E-state index is 5.39. The van der Waals surface area contributed by atoms with Gasteiger partial charge in [0.05, 0.1) is 0 Å². The molecule has 1 N–H and O–H groups in total. The lowest BCUT2D eigenvalue weighted by molar-refractivity contribution is 0.145. The highest BCUT2D eigenvalue weighted by atomic mass is 32.2. The average Bonchev–Trinajstić information content (AvgIpc) is 2.29. The van der Waals surface area contributed by atoms with Crippen LogP contribution in [0.25, 0.3) is 0 Å². The zero-order valence-corrected chi connectivity index (χ0v) is 11.8. The van der Waals surface area contributed by atoms with Gasteiger partial charge in [0.25, 0.3) is 0 Å². The Bertz CT molecular complexity index is 214. The molecule has 1 aliphatic heterocycles. The van der Waals surface area contributed by atoms with Crippen molar-refractivity contribution >= 4 is 29.1 Å². The third kappa shape index (κ3) is 4.89. The van der Waals surface area contributed by atoms with Crippen LogP contribution in [0.2, 0.25) is 0 Å². The largest absolute Gasteiger partial charge is 0.382 e. The summed E-state index contributed by atoms with van der Waals surface area (Å²) in [6, 6.07) is 0.561. The normalized spacial score (nSPS) is 20.9. The molecule has 5 heteroatoms. The molecule has 0 amide bonds. The Morgan fingerprint density at radius 3 is 3.12 bits per heavy atom. The first-order valence-electron chi connectivity index (χ1n) is 5.95. The summed E-state index contributed by atoms with van der Waals surface area (Å²) in [5.41, 5.74) is 0. The third-order valence-electron chi connectivity index (χ3n) is 2.57. The molecular formula is C11H22N2OS2. The Hall–Kier alpha value is 0. The van der Waals surface area contributed by atoms with E-state index < -0.39 is 0 Å². The van der Waals surface area contributed by atoms with Gasteiger partial charge in [-0.1, -0.05) is 0 Å². The molecule has 1 fully saturated rings. The number of rotatable bonds is 5. The highest BCUT2D eigenvalue weighted by molar-refractivity contribution is 7.99. The van der Waals surface area contributed by atoms with Gasteiger partial charge in [-0.3, -0.25) is 0 Å². The molecule has 0 bridgehead atoms. The summed E-state index contributed by atoms with van der Waals surface area (Å²) in [6.45, 7) is 7.85. The van der Waals surface area contributed by atoms with Crippen molar-refractivity contribution in [3.05, 3.63) is 0 Å². The fourth-order valence-corrected chi connectivity index (χ4v) is 3.03. The second-order valence-electron chi connectivity index (χ2n) is 3.90. The van der Waals surface area contributed by atoms with Crippen LogP contribution >= 0.6 is 24.0 Å². The maximum Gasteiger partial charge on any atom is 0.169 e. The first-order valence-corrected chi connectivity index (χ1v) is 7.52. The molecule has 0 radical (unpaired) electrons. The molecule has 0 saturated carbocycles. The van der Waals surface area contributed by atoms with Crippen LogP contribution in [0.4, 0.5) is 0 Å². The Balaban J connectivity index is 2.13. The average molecular weight is 262 g/mol. The van der Waals surface area contributed by atoms with E-state index in [4.69, 9.17) is 17.0 Å². The number of thioether (sulfide) groups is 1. The van der Waals surface area contributed by atoms with Crippen molar-refractivity contribution in [3.8, 4) is 0 Å². The van der Waals surface area contributed by atoms with E-state index in [0.717, 1.165) is 37.8 Å². The Morgan fingerprint density at radius 2 is 2.44 bits per heavy atom. The Morgan fingerprint density at radius 1 is 1.62 bits per heavy atom. The van der Waals surface area contributed by atoms with Crippen molar-refractivity contribution in [2.45, 2.75) is 26.3 Å². The van der Waals surface area contributed by atoms with Gasteiger partial charge >= 0.3 is 0 Å². The molecule has 3 nitrogen and oxygen atoms in total. The van der Waals surface area contributed by atoms with Gasteiger partial charge in [-0.2, -0.15) is 11.8 Å². The number of nitrogens with zero attached hydrogens (tertiary/aromatic N) is 1. The van der Waals surface area contributed by atoms with Crippen LogP contribution in [0.1, 0.15) is 20.3 Å². The van der Waals surface area contributed by atoms with Crippen molar-refractivity contribution in [1.29, 1.82) is 0 Å². The van der Waals surface area contributed by atoms with E-state index in [1.807, 2.05) is 18.7 Å². The van der Waals surface area contributed by atoms with E-state index in [9.17, 15) is 0 Å². The van der Waals surface area contributed by atoms with E-state index in [2.05, 4.69) is 17.1 Å². The van der Waals surface area contributed by atoms with Gasteiger partial charge < -0.3 is 15.0 Å². The zero-order valence-electron chi connectivity index (χ0n) is 10.2. The molecule has 0 aliphatic carbocycles. The monoisotopic (exact) mass is 262 g/mol. The standard InChI is InChI=1S/C11H22N2OS2/c1-3-14-7-4-5-12-11(15)13-6-8-16-9-10(13)2/h10H,3-9H2,1-2H3,(H,12,15). The number of nitrogens with one attached hydrogen (secondary N) is 1. The minimum absolute atomic E-state index is 0.561. The minimum Gasteiger partial charge on any atom is -0.382 e. The van der Waals surface area contributed by atoms with Crippen LogP contribution < -0.4 is 5.32 Å². The van der Waals surface area contributed by atoms with Crippen LogP contribution in [0.3, 0.4) is 0 Å². The molecule has 0 aromatic carbocycles. The molecule has 16 heavy (non-hydrogen) atoms. The summed E-state index contributed by atoms with van der Waals surface area (Å²) in [7, 11) is 0. The lowest BCUT2D eigenvalue weighted by Crippen LogP contribution is -2.49. The second kappa shape index (κ2) is 8.14. The summed E-state index contributed by atoms with van der Waals surface area (Å²) in [4.78, 5) is 2.30. The van der Waals surface area contributed by atoms with Gasteiger partial charge in [-0.05, 0) is 32.5 Å². The molecule has 1 saturated heterocycles. The molecule has 0 spiro atoms. The molecule has 94 valence electrons. The van der Waals surface area contributed by atoms with Crippen LogP contribution in [0, 0.1) is 0 Å². The SMILES string of the molecule is CCOCCCNC(=S)N1CCSCC1C. The lowest BCUT2D eigenvalue weighted by atomic mass is 10.3. The molecule has 0 aromatic rings. The molecule has 1 unspecified atom stereocenters. The summed E-state index contributed by atoms with van der Waals surface area (Å²) in [5, 5.41) is 4.22. The Kier molecular flexibility index (Phi) is 7.16.